The summed E-state index contributed by atoms with van der Waals surface area (Å²) in [6.45, 7) is 3.74. The highest BCUT2D eigenvalue weighted by Gasteiger charge is 2.27. The maximum atomic E-state index is 12.8. The first-order valence-corrected chi connectivity index (χ1v) is 12.3. The first-order valence-electron chi connectivity index (χ1n) is 10.9. The Balaban J connectivity index is 1.47. The van der Waals surface area contributed by atoms with E-state index in [0.29, 0.717) is 37.6 Å². The molecule has 4 rings (SSSR count). The summed E-state index contributed by atoms with van der Waals surface area (Å²) in [6, 6.07) is 10.4. The van der Waals surface area contributed by atoms with Gasteiger partial charge in [0.1, 0.15) is 5.69 Å². The van der Waals surface area contributed by atoms with Crippen LogP contribution in [-0.2, 0) is 10.0 Å². The smallest absolute Gasteiger partial charge is 0.293 e. The number of amides is 1. The van der Waals surface area contributed by atoms with Gasteiger partial charge in [-0.15, -0.1) is 0 Å². The fraction of sp³-hybridized carbons (Fsp3) is 0.409. The van der Waals surface area contributed by atoms with Crippen LogP contribution in [0.5, 0.6) is 0 Å². The summed E-state index contributed by atoms with van der Waals surface area (Å²) >= 11 is 0. The Morgan fingerprint density at radius 3 is 2.21 bits per heavy atom. The third-order valence-electron chi connectivity index (χ3n) is 6.09. The van der Waals surface area contributed by atoms with E-state index in [4.69, 9.17) is 0 Å². The van der Waals surface area contributed by atoms with Gasteiger partial charge in [-0.25, -0.2) is 8.42 Å². The number of carbonyl (C=O) groups is 1. The summed E-state index contributed by atoms with van der Waals surface area (Å²) in [4.78, 5) is 28.0. The Kier molecular flexibility index (Phi) is 6.63. The summed E-state index contributed by atoms with van der Waals surface area (Å²) in [5.41, 5.74) is 0.994. The number of sulfonamides is 1. The number of anilines is 2. The first kappa shape index (κ1) is 23.1. The minimum Gasteiger partial charge on any atom is -0.366 e. The van der Waals surface area contributed by atoms with Gasteiger partial charge in [-0.1, -0.05) is 0 Å². The van der Waals surface area contributed by atoms with Gasteiger partial charge in [-0.3, -0.25) is 14.9 Å². The average Bonchev–Trinajstić information content (AvgIpc) is 3.34. The lowest BCUT2D eigenvalue weighted by Gasteiger charge is -2.31. The van der Waals surface area contributed by atoms with E-state index in [9.17, 15) is 23.3 Å². The molecule has 0 aromatic heterocycles. The third kappa shape index (κ3) is 5.00. The molecule has 176 valence electrons. The van der Waals surface area contributed by atoms with Crippen LogP contribution in [0, 0.1) is 10.1 Å². The number of nitro benzene ring substituents is 1. The molecule has 0 atom stereocenters. The van der Waals surface area contributed by atoms with Crippen LogP contribution >= 0.6 is 0 Å². The molecule has 2 heterocycles. The molecule has 1 amide bonds. The second kappa shape index (κ2) is 9.46. The van der Waals surface area contributed by atoms with Crippen molar-refractivity contribution in [1.82, 2.24) is 9.21 Å². The van der Waals surface area contributed by atoms with E-state index >= 15 is 0 Å². The van der Waals surface area contributed by atoms with E-state index in [-0.39, 0.29) is 16.1 Å². The van der Waals surface area contributed by atoms with E-state index in [1.165, 1.54) is 34.6 Å². The minimum absolute atomic E-state index is 0.0989. The number of hydrogen-bond donors (Lipinski definition) is 1. The summed E-state index contributed by atoms with van der Waals surface area (Å²) in [5, 5.41) is 14.3. The van der Waals surface area contributed by atoms with Gasteiger partial charge in [0, 0.05) is 56.6 Å². The Morgan fingerprint density at radius 1 is 0.970 bits per heavy atom. The van der Waals surface area contributed by atoms with Crippen LogP contribution in [0.1, 0.15) is 23.2 Å². The molecule has 2 aliphatic rings. The van der Waals surface area contributed by atoms with Crippen molar-refractivity contribution in [3.63, 3.8) is 0 Å². The van der Waals surface area contributed by atoms with Crippen molar-refractivity contribution in [3.05, 3.63) is 58.1 Å². The van der Waals surface area contributed by atoms with Crippen LogP contribution < -0.4 is 10.2 Å². The number of benzene rings is 2. The van der Waals surface area contributed by atoms with E-state index in [1.54, 1.807) is 12.1 Å². The van der Waals surface area contributed by atoms with Crippen LogP contribution in [0.4, 0.5) is 17.1 Å². The second-order valence-corrected chi connectivity index (χ2v) is 10.3. The zero-order chi connectivity index (χ0) is 23.6. The molecule has 0 radical (unpaired) electrons. The molecule has 33 heavy (non-hydrogen) atoms. The Bertz CT molecular complexity index is 1140. The third-order valence-corrected chi connectivity index (χ3v) is 8.01. The number of hydrogen-bond acceptors (Lipinski definition) is 7. The maximum Gasteiger partial charge on any atom is 0.293 e. The summed E-state index contributed by atoms with van der Waals surface area (Å²) in [5.74, 6) is -0.499. The lowest BCUT2D eigenvalue weighted by Crippen LogP contribution is -2.46. The van der Waals surface area contributed by atoms with Crippen molar-refractivity contribution >= 4 is 33.0 Å². The number of nitro groups is 1. The maximum absolute atomic E-state index is 12.8. The lowest BCUT2D eigenvalue weighted by atomic mass is 10.1. The highest BCUT2D eigenvalue weighted by molar-refractivity contribution is 7.89. The molecule has 0 bridgehead atoms. The predicted molar refractivity (Wildman–Crippen MR) is 125 cm³/mol. The zero-order valence-electron chi connectivity index (χ0n) is 18.4. The number of likely N-dealkylation sites (N-methyl/N-ethyl adjacent to an activating group) is 1. The van der Waals surface area contributed by atoms with Gasteiger partial charge in [-0.05, 0) is 56.3 Å². The largest absolute Gasteiger partial charge is 0.366 e. The number of rotatable bonds is 6. The number of nitrogens with zero attached hydrogens (tertiary/aromatic N) is 4. The zero-order valence-corrected chi connectivity index (χ0v) is 19.3. The molecule has 0 unspecified atom stereocenters. The fourth-order valence-electron chi connectivity index (χ4n) is 4.13. The predicted octanol–water partition coefficient (Wildman–Crippen LogP) is 2.38. The molecule has 0 saturated carbocycles. The summed E-state index contributed by atoms with van der Waals surface area (Å²) in [6.07, 6.45) is 1.97. The van der Waals surface area contributed by atoms with Gasteiger partial charge >= 0.3 is 0 Å². The van der Waals surface area contributed by atoms with Crippen molar-refractivity contribution in [1.29, 1.82) is 0 Å². The molecular formula is C22H27N5O5S. The summed E-state index contributed by atoms with van der Waals surface area (Å²) < 4.78 is 27.1. The normalized spacial score (nSPS) is 17.8. The molecule has 10 nitrogen and oxygen atoms in total. The standard InChI is InChI=1S/C22H27N5O5S/c1-24-12-14-26(15-13-24)33(31,32)19-7-5-18(6-8-19)23-22(28)17-4-9-20(21(16-17)27(29)30)25-10-2-3-11-25/h4-9,16H,2-3,10-15H2,1H3,(H,23,28). The number of nitrogens with one attached hydrogen (secondary N) is 1. The first-order chi connectivity index (χ1) is 15.8. The average molecular weight is 474 g/mol. The highest BCUT2D eigenvalue weighted by Crippen LogP contribution is 2.32. The lowest BCUT2D eigenvalue weighted by molar-refractivity contribution is -0.384. The van der Waals surface area contributed by atoms with Gasteiger partial charge in [-0.2, -0.15) is 4.31 Å². The molecule has 2 aromatic carbocycles. The van der Waals surface area contributed by atoms with Gasteiger partial charge < -0.3 is 15.1 Å². The fourth-order valence-corrected chi connectivity index (χ4v) is 5.55. The van der Waals surface area contributed by atoms with E-state index in [1.807, 2.05) is 11.9 Å². The van der Waals surface area contributed by atoms with E-state index < -0.39 is 20.9 Å². The molecule has 2 aliphatic heterocycles. The molecule has 2 saturated heterocycles. The van der Waals surface area contributed by atoms with Crippen molar-refractivity contribution < 1.29 is 18.1 Å². The molecule has 2 fully saturated rings. The van der Waals surface area contributed by atoms with Gasteiger partial charge in [0.25, 0.3) is 11.6 Å². The summed E-state index contributed by atoms with van der Waals surface area (Å²) in [7, 11) is -1.64. The molecule has 11 heteroatoms. The van der Waals surface area contributed by atoms with Gasteiger partial charge in [0.15, 0.2) is 0 Å². The van der Waals surface area contributed by atoms with Crippen LogP contribution in [0.25, 0.3) is 0 Å². The van der Waals surface area contributed by atoms with Gasteiger partial charge in [0.05, 0.1) is 9.82 Å². The highest BCUT2D eigenvalue weighted by atomic mass is 32.2. The van der Waals surface area contributed by atoms with Crippen LogP contribution in [0.2, 0.25) is 0 Å². The number of piperazine rings is 1. The van der Waals surface area contributed by atoms with E-state index in [2.05, 4.69) is 10.2 Å². The van der Waals surface area contributed by atoms with Crippen molar-refractivity contribution in [3.8, 4) is 0 Å². The van der Waals surface area contributed by atoms with E-state index in [0.717, 1.165) is 25.9 Å². The van der Waals surface area contributed by atoms with Crippen LogP contribution in [0.15, 0.2) is 47.4 Å². The second-order valence-electron chi connectivity index (χ2n) is 8.34. The SMILES string of the molecule is CN1CCN(S(=O)(=O)c2ccc(NC(=O)c3ccc(N4CCCC4)c([N+](=O)[O-])c3)cc2)CC1. The minimum atomic E-state index is -3.60. The van der Waals surface area contributed by atoms with Crippen LogP contribution in [0.3, 0.4) is 0 Å². The molecular weight excluding hydrogens is 446 g/mol. The van der Waals surface area contributed by atoms with Crippen molar-refractivity contribution in [2.24, 2.45) is 0 Å². The molecule has 0 aliphatic carbocycles. The molecule has 1 N–H and O–H groups in total. The molecule has 2 aromatic rings. The quantitative estimate of drug-likeness (QED) is 0.506. The van der Waals surface area contributed by atoms with Crippen molar-refractivity contribution in [2.75, 3.05) is 56.5 Å². The van der Waals surface area contributed by atoms with Crippen LogP contribution in [-0.4, -0.2) is 74.8 Å². The monoisotopic (exact) mass is 473 g/mol. The Hall–Kier alpha value is -3.02. The molecule has 0 spiro atoms. The topological polar surface area (TPSA) is 116 Å². The Labute approximate surface area is 193 Å². The number of carbonyl (C=O) groups excluding carboxylic acids is 1. The van der Waals surface area contributed by atoms with Crippen molar-refractivity contribution in [2.45, 2.75) is 17.7 Å². The Morgan fingerprint density at radius 2 is 1.61 bits per heavy atom. The van der Waals surface area contributed by atoms with Gasteiger partial charge in [0.2, 0.25) is 10.0 Å².